The maximum atomic E-state index is 5.29. The van der Waals surface area contributed by atoms with Crippen LogP contribution in [0.1, 0.15) is 25.1 Å². The molecule has 2 aromatic rings. The van der Waals surface area contributed by atoms with Crippen molar-refractivity contribution in [3.63, 3.8) is 0 Å². The van der Waals surface area contributed by atoms with E-state index in [9.17, 15) is 0 Å². The molecule has 9 nitrogen and oxygen atoms in total. The Labute approximate surface area is 195 Å². The predicted molar refractivity (Wildman–Crippen MR) is 127 cm³/mol. The van der Waals surface area contributed by atoms with E-state index in [1.807, 2.05) is 18.2 Å². The van der Waals surface area contributed by atoms with E-state index in [4.69, 9.17) is 9.26 Å². The zero-order chi connectivity index (χ0) is 20.3. The molecule has 166 valence electrons. The Balaban J connectivity index is 0.00000320. The molecule has 1 aliphatic heterocycles. The largest absolute Gasteiger partial charge is 0.385 e. The summed E-state index contributed by atoms with van der Waals surface area (Å²) in [5, 5.41) is 10.9. The third-order valence-electron chi connectivity index (χ3n) is 4.97. The first-order valence-electron chi connectivity index (χ1n) is 10.2. The summed E-state index contributed by atoms with van der Waals surface area (Å²) in [6.07, 6.45) is 5.68. The Morgan fingerprint density at radius 2 is 2.17 bits per heavy atom. The van der Waals surface area contributed by atoms with Crippen LogP contribution in [0.25, 0.3) is 11.6 Å². The van der Waals surface area contributed by atoms with Crippen molar-refractivity contribution in [3.8, 4) is 11.6 Å². The molecule has 2 N–H and O–H groups in total. The van der Waals surface area contributed by atoms with Crippen LogP contribution in [0.4, 0.5) is 0 Å². The monoisotopic (exact) mass is 529 g/mol. The molecule has 1 fully saturated rings. The lowest BCUT2D eigenvalue weighted by Gasteiger charge is -2.33. The zero-order valence-electron chi connectivity index (χ0n) is 17.7. The molecule has 10 heteroatoms. The molecule has 0 atom stereocenters. The van der Waals surface area contributed by atoms with Gasteiger partial charge in [0.05, 0.1) is 0 Å². The summed E-state index contributed by atoms with van der Waals surface area (Å²) in [4.78, 5) is 15.5. The lowest BCUT2D eigenvalue weighted by molar-refractivity contribution is 0.155. The molecule has 30 heavy (non-hydrogen) atoms. The number of halogens is 1. The first kappa shape index (κ1) is 24.5. The van der Waals surface area contributed by atoms with Gasteiger partial charge in [-0.1, -0.05) is 11.2 Å². The first-order valence-corrected chi connectivity index (χ1v) is 10.2. The van der Waals surface area contributed by atoms with Gasteiger partial charge in [0.25, 0.3) is 5.89 Å². The summed E-state index contributed by atoms with van der Waals surface area (Å²) in [6.45, 7) is 4.84. The fourth-order valence-corrected chi connectivity index (χ4v) is 3.36. The Morgan fingerprint density at radius 3 is 2.87 bits per heavy atom. The zero-order valence-corrected chi connectivity index (χ0v) is 20.0. The number of piperidine rings is 1. The van der Waals surface area contributed by atoms with Gasteiger partial charge in [0, 0.05) is 65.6 Å². The summed E-state index contributed by atoms with van der Waals surface area (Å²) in [7, 11) is 3.55. The second kappa shape index (κ2) is 13.5. The molecule has 3 rings (SSSR count). The molecule has 1 aliphatic rings. The molecule has 0 aromatic carbocycles. The number of nitrogens with one attached hydrogen (secondary N) is 2. The minimum atomic E-state index is 0. The van der Waals surface area contributed by atoms with Crippen LogP contribution in [0.3, 0.4) is 0 Å². The van der Waals surface area contributed by atoms with Crippen LogP contribution in [-0.4, -0.2) is 79.0 Å². The van der Waals surface area contributed by atoms with Crippen molar-refractivity contribution in [2.24, 2.45) is 4.99 Å². The number of aliphatic imine (C=N–C) groups is 1. The average molecular weight is 529 g/mol. The van der Waals surface area contributed by atoms with Gasteiger partial charge in [-0.05, 0) is 31.4 Å². The number of likely N-dealkylation sites (tertiary alicyclic amines) is 1. The summed E-state index contributed by atoms with van der Waals surface area (Å²) in [5.74, 6) is 1.91. The summed E-state index contributed by atoms with van der Waals surface area (Å²) < 4.78 is 10.4. The van der Waals surface area contributed by atoms with Crippen LogP contribution in [0, 0.1) is 0 Å². The Kier molecular flexibility index (Phi) is 11.0. The number of nitrogens with zero attached hydrogens (tertiary/aromatic N) is 5. The highest BCUT2D eigenvalue weighted by Gasteiger charge is 2.19. The van der Waals surface area contributed by atoms with Gasteiger partial charge in [0.2, 0.25) is 0 Å². The van der Waals surface area contributed by atoms with Crippen LogP contribution in [-0.2, 0) is 11.2 Å². The predicted octanol–water partition coefficient (Wildman–Crippen LogP) is 1.96. The number of aromatic nitrogens is 3. The molecule has 0 radical (unpaired) electrons. The van der Waals surface area contributed by atoms with Crippen molar-refractivity contribution < 1.29 is 9.26 Å². The molecule has 0 bridgehead atoms. The lowest BCUT2D eigenvalue weighted by Crippen LogP contribution is -2.49. The second-order valence-electron chi connectivity index (χ2n) is 7.09. The number of hydrogen-bond acceptors (Lipinski definition) is 7. The number of pyridine rings is 1. The van der Waals surface area contributed by atoms with Crippen molar-refractivity contribution in [2.75, 3.05) is 46.9 Å². The van der Waals surface area contributed by atoms with Crippen molar-refractivity contribution in [2.45, 2.75) is 31.7 Å². The maximum Gasteiger partial charge on any atom is 0.276 e. The van der Waals surface area contributed by atoms with Crippen molar-refractivity contribution in [1.29, 1.82) is 0 Å². The Hall–Kier alpha value is -1.79. The van der Waals surface area contributed by atoms with E-state index in [1.165, 1.54) is 0 Å². The van der Waals surface area contributed by atoms with Gasteiger partial charge in [-0.15, -0.1) is 24.0 Å². The smallest absolute Gasteiger partial charge is 0.276 e. The van der Waals surface area contributed by atoms with Gasteiger partial charge in [-0.2, -0.15) is 4.98 Å². The standard InChI is InChI=1S/C20H31N7O2.HI/c1-21-20(24-16-8-13-27(14-9-16)12-5-15-28-2)23-11-7-18-25-19(29-26-18)17-6-3-4-10-22-17;/h3-4,6,10,16H,5,7-9,11-15H2,1-2H3,(H2,21,23,24);1H. The number of hydrogen-bond donors (Lipinski definition) is 2. The fourth-order valence-electron chi connectivity index (χ4n) is 3.36. The third kappa shape index (κ3) is 7.80. The van der Waals surface area contributed by atoms with Gasteiger partial charge in [0.15, 0.2) is 11.8 Å². The molecule has 0 unspecified atom stereocenters. The van der Waals surface area contributed by atoms with E-state index in [0.717, 1.165) is 51.5 Å². The third-order valence-corrected chi connectivity index (χ3v) is 4.97. The minimum Gasteiger partial charge on any atom is -0.385 e. The van der Waals surface area contributed by atoms with E-state index in [-0.39, 0.29) is 24.0 Å². The van der Waals surface area contributed by atoms with Gasteiger partial charge in [0.1, 0.15) is 5.69 Å². The topological polar surface area (TPSA) is 101 Å². The molecular weight excluding hydrogens is 497 g/mol. The van der Waals surface area contributed by atoms with Gasteiger partial charge in [-0.3, -0.25) is 9.98 Å². The number of rotatable bonds is 9. The highest BCUT2D eigenvalue weighted by Crippen LogP contribution is 2.13. The van der Waals surface area contributed by atoms with E-state index in [2.05, 4.69) is 35.7 Å². The Morgan fingerprint density at radius 1 is 1.33 bits per heavy atom. The molecule has 3 heterocycles. The molecule has 1 saturated heterocycles. The number of ether oxygens (including phenoxy) is 1. The van der Waals surface area contributed by atoms with Crippen LogP contribution in [0.5, 0.6) is 0 Å². The highest BCUT2D eigenvalue weighted by molar-refractivity contribution is 14.0. The fraction of sp³-hybridized carbons (Fsp3) is 0.600. The van der Waals surface area contributed by atoms with Gasteiger partial charge >= 0.3 is 0 Å². The van der Waals surface area contributed by atoms with Crippen molar-refractivity contribution in [1.82, 2.24) is 30.7 Å². The van der Waals surface area contributed by atoms with Crippen molar-refractivity contribution >= 4 is 29.9 Å². The molecular formula is C20H32IN7O2. The quantitative estimate of drug-likeness (QED) is 0.220. The van der Waals surface area contributed by atoms with E-state index < -0.39 is 0 Å². The average Bonchev–Trinajstić information content (AvgIpc) is 3.24. The highest BCUT2D eigenvalue weighted by atomic mass is 127. The summed E-state index contributed by atoms with van der Waals surface area (Å²) in [6, 6.07) is 6.05. The molecule has 0 saturated carbocycles. The van der Waals surface area contributed by atoms with E-state index >= 15 is 0 Å². The SMILES string of the molecule is CN=C(NCCc1noc(-c2ccccn2)n1)NC1CCN(CCCOC)CC1.I. The lowest BCUT2D eigenvalue weighted by atomic mass is 10.1. The van der Waals surface area contributed by atoms with E-state index in [1.54, 1.807) is 20.4 Å². The number of methoxy groups -OCH3 is 1. The summed E-state index contributed by atoms with van der Waals surface area (Å²) >= 11 is 0. The number of guanidine groups is 1. The van der Waals surface area contributed by atoms with Crippen molar-refractivity contribution in [3.05, 3.63) is 30.2 Å². The second-order valence-corrected chi connectivity index (χ2v) is 7.09. The van der Waals surface area contributed by atoms with Crippen LogP contribution >= 0.6 is 24.0 Å². The molecule has 0 spiro atoms. The van der Waals surface area contributed by atoms with Crippen LogP contribution in [0.15, 0.2) is 33.9 Å². The van der Waals surface area contributed by atoms with Crippen LogP contribution < -0.4 is 10.6 Å². The maximum absolute atomic E-state index is 5.29. The van der Waals surface area contributed by atoms with Gasteiger partial charge in [-0.25, -0.2) is 0 Å². The van der Waals surface area contributed by atoms with E-state index in [0.29, 0.717) is 36.4 Å². The van der Waals surface area contributed by atoms with Crippen LogP contribution in [0.2, 0.25) is 0 Å². The Bertz CT molecular complexity index is 749. The van der Waals surface area contributed by atoms with Gasteiger partial charge < -0.3 is 24.8 Å². The molecule has 2 aromatic heterocycles. The molecule has 0 aliphatic carbocycles. The normalized spacial score (nSPS) is 15.6. The first-order chi connectivity index (χ1) is 14.3. The molecule has 0 amide bonds. The minimum absolute atomic E-state index is 0. The summed E-state index contributed by atoms with van der Waals surface area (Å²) in [5.41, 5.74) is 0.685.